The van der Waals surface area contributed by atoms with Gasteiger partial charge in [-0.1, -0.05) is 30.3 Å². The molecule has 2 unspecified atom stereocenters. The number of hydrogen-bond acceptors (Lipinski definition) is 5. The molecule has 2 aromatic rings. The second kappa shape index (κ2) is 9.09. The summed E-state index contributed by atoms with van der Waals surface area (Å²) in [5.41, 5.74) is 2.63. The fourth-order valence-corrected chi connectivity index (χ4v) is 5.17. The van der Waals surface area contributed by atoms with Gasteiger partial charge < -0.3 is 10.1 Å². The molecule has 1 heterocycles. The average Bonchev–Trinajstić information content (AvgIpc) is 3.02. The Morgan fingerprint density at radius 1 is 1.16 bits per heavy atom. The van der Waals surface area contributed by atoms with Gasteiger partial charge in [-0.15, -0.1) is 0 Å². The molecule has 31 heavy (non-hydrogen) atoms. The minimum atomic E-state index is -3.40. The summed E-state index contributed by atoms with van der Waals surface area (Å²) in [4.78, 5) is 25.2. The van der Waals surface area contributed by atoms with E-state index in [1.54, 1.807) is 32.0 Å². The molecule has 0 bridgehead atoms. The van der Waals surface area contributed by atoms with E-state index in [0.29, 0.717) is 17.7 Å². The molecule has 3 rings (SSSR count). The highest BCUT2D eigenvalue weighted by molar-refractivity contribution is 7.92. The van der Waals surface area contributed by atoms with Crippen molar-refractivity contribution in [2.45, 2.75) is 51.8 Å². The van der Waals surface area contributed by atoms with Gasteiger partial charge in [0.25, 0.3) is 5.91 Å². The highest BCUT2D eigenvalue weighted by Gasteiger charge is 2.33. The molecule has 0 aromatic heterocycles. The van der Waals surface area contributed by atoms with Crippen LogP contribution in [-0.2, 0) is 26.0 Å². The summed E-state index contributed by atoms with van der Waals surface area (Å²) in [5, 5.41) is 2.93. The highest BCUT2D eigenvalue weighted by atomic mass is 32.2. The molecular weight excluding hydrogens is 416 g/mol. The smallest absolute Gasteiger partial charge is 0.308 e. The van der Waals surface area contributed by atoms with E-state index in [0.717, 1.165) is 11.1 Å². The second-order valence-electron chi connectivity index (χ2n) is 8.13. The van der Waals surface area contributed by atoms with Crippen molar-refractivity contribution in [2.24, 2.45) is 0 Å². The number of rotatable bonds is 7. The van der Waals surface area contributed by atoms with Gasteiger partial charge in [-0.05, 0) is 56.5 Å². The first-order chi connectivity index (χ1) is 14.6. The molecule has 0 fully saturated rings. The topological polar surface area (TPSA) is 92.8 Å². The van der Waals surface area contributed by atoms with Gasteiger partial charge in [0.05, 0.1) is 30.5 Å². The van der Waals surface area contributed by atoms with Crippen molar-refractivity contribution in [1.82, 2.24) is 5.32 Å². The lowest BCUT2D eigenvalue weighted by atomic mass is 10.0. The Labute approximate surface area is 183 Å². The lowest BCUT2D eigenvalue weighted by molar-refractivity contribution is -0.147. The Bertz CT molecular complexity index is 1070. The predicted molar refractivity (Wildman–Crippen MR) is 119 cm³/mol. The second-order valence-corrected chi connectivity index (χ2v) is 9.99. The number of benzene rings is 2. The minimum absolute atomic E-state index is 0.0117. The van der Waals surface area contributed by atoms with Crippen LogP contribution in [0.25, 0.3) is 0 Å². The predicted octanol–water partition coefficient (Wildman–Crippen LogP) is 3.21. The molecule has 0 radical (unpaired) electrons. The van der Waals surface area contributed by atoms with Crippen molar-refractivity contribution in [1.29, 1.82) is 0 Å². The molecule has 0 saturated heterocycles. The van der Waals surface area contributed by atoms with Crippen LogP contribution in [0, 0.1) is 0 Å². The molecule has 166 valence electrons. The Morgan fingerprint density at radius 2 is 1.84 bits per heavy atom. The maximum absolute atomic E-state index is 13.0. The summed E-state index contributed by atoms with van der Waals surface area (Å²) in [7, 11) is -3.40. The third kappa shape index (κ3) is 5.44. The van der Waals surface area contributed by atoms with Crippen LogP contribution in [0.15, 0.2) is 48.5 Å². The Hall–Kier alpha value is -2.87. The summed E-state index contributed by atoms with van der Waals surface area (Å²) >= 11 is 0. The van der Waals surface area contributed by atoms with Gasteiger partial charge in [0, 0.05) is 11.6 Å². The van der Waals surface area contributed by atoms with Crippen LogP contribution < -0.4 is 9.62 Å². The number of carbonyl (C=O) groups is 2. The van der Waals surface area contributed by atoms with E-state index < -0.39 is 22.0 Å². The number of sulfonamides is 1. The Morgan fingerprint density at radius 3 is 2.45 bits per heavy atom. The monoisotopic (exact) mass is 444 g/mol. The maximum Gasteiger partial charge on any atom is 0.308 e. The normalized spacial score (nSPS) is 16.7. The lowest BCUT2D eigenvalue weighted by Crippen LogP contribution is -2.34. The quantitative estimate of drug-likeness (QED) is 0.662. The molecule has 1 N–H and O–H groups in total. The summed E-state index contributed by atoms with van der Waals surface area (Å²) in [6, 6.07) is 13.5. The van der Waals surface area contributed by atoms with Gasteiger partial charge in [-0.3, -0.25) is 13.9 Å². The van der Waals surface area contributed by atoms with E-state index in [9.17, 15) is 18.0 Å². The zero-order valence-electron chi connectivity index (χ0n) is 18.2. The van der Waals surface area contributed by atoms with Crippen LogP contribution in [0.1, 0.15) is 54.7 Å². The van der Waals surface area contributed by atoms with Gasteiger partial charge in [0.2, 0.25) is 10.0 Å². The molecule has 7 nitrogen and oxygen atoms in total. The lowest BCUT2D eigenvalue weighted by Gasteiger charge is -2.22. The van der Waals surface area contributed by atoms with Gasteiger partial charge in [-0.25, -0.2) is 8.42 Å². The van der Waals surface area contributed by atoms with Gasteiger partial charge in [0.15, 0.2) is 0 Å². The van der Waals surface area contributed by atoms with E-state index in [1.165, 1.54) is 10.6 Å². The number of carbonyl (C=O) groups excluding carboxylic acids is 2. The number of anilines is 1. The van der Waals surface area contributed by atoms with Crippen molar-refractivity contribution in [3.8, 4) is 0 Å². The summed E-state index contributed by atoms with van der Waals surface area (Å²) < 4.78 is 30.9. The largest absolute Gasteiger partial charge is 0.463 e. The SMILES string of the molecule is CC(C)OC(=O)CC(NC(=O)c1ccc2c(c1)CC(C)N2S(C)(=O)=O)c1ccccc1. The third-order valence-corrected chi connectivity index (χ3v) is 6.37. The maximum atomic E-state index is 13.0. The van der Waals surface area contributed by atoms with Crippen LogP contribution in [0.5, 0.6) is 0 Å². The fourth-order valence-electron chi connectivity index (χ4n) is 3.91. The number of nitrogens with zero attached hydrogens (tertiary/aromatic N) is 1. The minimum Gasteiger partial charge on any atom is -0.463 e. The number of amides is 1. The Kier molecular flexibility index (Phi) is 6.69. The van der Waals surface area contributed by atoms with Crippen LogP contribution in [0.4, 0.5) is 5.69 Å². The van der Waals surface area contributed by atoms with E-state index in [1.807, 2.05) is 37.3 Å². The van der Waals surface area contributed by atoms with Gasteiger partial charge in [0.1, 0.15) is 0 Å². The van der Waals surface area contributed by atoms with Crippen molar-refractivity contribution in [3.05, 3.63) is 65.2 Å². The molecule has 0 spiro atoms. The van der Waals surface area contributed by atoms with E-state index in [4.69, 9.17) is 4.74 Å². The number of esters is 1. The van der Waals surface area contributed by atoms with Crippen molar-refractivity contribution in [3.63, 3.8) is 0 Å². The van der Waals surface area contributed by atoms with E-state index in [2.05, 4.69) is 5.32 Å². The van der Waals surface area contributed by atoms with E-state index in [-0.39, 0.29) is 24.5 Å². The van der Waals surface area contributed by atoms with Crippen molar-refractivity contribution >= 4 is 27.6 Å². The summed E-state index contributed by atoms with van der Waals surface area (Å²) in [5.74, 6) is -0.727. The van der Waals surface area contributed by atoms with Crippen LogP contribution >= 0.6 is 0 Å². The molecule has 8 heteroatoms. The fraction of sp³-hybridized carbons (Fsp3) is 0.391. The van der Waals surface area contributed by atoms with Crippen molar-refractivity contribution in [2.75, 3.05) is 10.6 Å². The zero-order valence-corrected chi connectivity index (χ0v) is 19.0. The molecule has 2 aromatic carbocycles. The summed E-state index contributed by atoms with van der Waals surface area (Å²) in [6.07, 6.45) is 1.49. The summed E-state index contributed by atoms with van der Waals surface area (Å²) in [6.45, 7) is 5.39. The first-order valence-electron chi connectivity index (χ1n) is 10.2. The zero-order chi connectivity index (χ0) is 22.8. The number of ether oxygens (including phenoxy) is 1. The molecule has 1 aliphatic rings. The average molecular weight is 445 g/mol. The van der Waals surface area contributed by atoms with Crippen LogP contribution in [0.2, 0.25) is 0 Å². The highest BCUT2D eigenvalue weighted by Crippen LogP contribution is 2.34. The van der Waals surface area contributed by atoms with Crippen LogP contribution in [0.3, 0.4) is 0 Å². The molecule has 0 aliphatic carbocycles. The first-order valence-corrected chi connectivity index (χ1v) is 12.1. The van der Waals surface area contributed by atoms with Gasteiger partial charge >= 0.3 is 5.97 Å². The van der Waals surface area contributed by atoms with Crippen molar-refractivity contribution < 1.29 is 22.7 Å². The Balaban J connectivity index is 1.82. The third-order valence-electron chi connectivity index (χ3n) is 5.10. The molecule has 1 amide bonds. The standard InChI is InChI=1S/C23H28N2O5S/c1-15(2)30-22(26)14-20(17-8-6-5-7-9-17)24-23(27)18-10-11-21-19(13-18)12-16(3)25(21)31(4,28)29/h5-11,13,15-16,20H,12,14H2,1-4H3,(H,24,27). The molecule has 0 saturated carbocycles. The van der Waals surface area contributed by atoms with E-state index >= 15 is 0 Å². The number of hydrogen-bond donors (Lipinski definition) is 1. The molecule has 1 aliphatic heterocycles. The molecule has 2 atom stereocenters. The number of fused-ring (bicyclic) bond motifs is 1. The molecular formula is C23H28N2O5S. The van der Waals surface area contributed by atoms with Gasteiger partial charge in [-0.2, -0.15) is 0 Å². The number of nitrogens with one attached hydrogen (secondary N) is 1. The van der Waals surface area contributed by atoms with Crippen LogP contribution in [-0.4, -0.2) is 38.7 Å². The first kappa shape index (κ1) is 22.8.